The Hall–Kier alpha value is -2.42. The van der Waals surface area contributed by atoms with Crippen LogP contribution in [0, 0.1) is 17.4 Å². The Morgan fingerprint density at radius 2 is 2.24 bits per heavy atom. The van der Waals surface area contributed by atoms with Crippen molar-refractivity contribution in [2.24, 2.45) is 5.92 Å². The third-order valence-electron chi connectivity index (χ3n) is 5.96. The van der Waals surface area contributed by atoms with Crippen LogP contribution in [0.2, 0.25) is 0 Å². The minimum Gasteiger partial charge on any atom is -0.497 e. The summed E-state index contributed by atoms with van der Waals surface area (Å²) in [6.07, 6.45) is 6.18. The van der Waals surface area contributed by atoms with Gasteiger partial charge in [0.25, 0.3) is 0 Å². The molecule has 0 aromatic heterocycles. The van der Waals surface area contributed by atoms with Gasteiger partial charge < -0.3 is 19.9 Å². The number of benzene rings is 1. The van der Waals surface area contributed by atoms with Gasteiger partial charge in [0, 0.05) is 30.9 Å². The Morgan fingerprint density at radius 1 is 1.36 bits per heavy atom. The molecular weight excluding hydrogens is 316 g/mol. The van der Waals surface area contributed by atoms with Crippen LogP contribution in [0.15, 0.2) is 24.3 Å². The van der Waals surface area contributed by atoms with Gasteiger partial charge in [-0.15, -0.1) is 0 Å². The number of nitrogens with one attached hydrogen (secondary N) is 1. The molecule has 3 saturated heterocycles. The van der Waals surface area contributed by atoms with E-state index in [9.17, 15) is 10.1 Å². The van der Waals surface area contributed by atoms with E-state index >= 15 is 0 Å². The zero-order chi connectivity index (χ0) is 17.4. The molecule has 6 nitrogen and oxygen atoms in total. The number of nitrogens with zero attached hydrogens (tertiary/aromatic N) is 3. The number of methoxy groups -OCH3 is 1. The summed E-state index contributed by atoms with van der Waals surface area (Å²) in [5.74, 6) is 0.991. The van der Waals surface area contributed by atoms with Gasteiger partial charge in [-0.3, -0.25) is 4.79 Å². The lowest BCUT2D eigenvalue weighted by Gasteiger charge is -2.24. The van der Waals surface area contributed by atoms with Gasteiger partial charge in [-0.1, -0.05) is 6.07 Å². The minimum absolute atomic E-state index is 0.0147. The molecule has 25 heavy (non-hydrogen) atoms. The highest BCUT2D eigenvalue weighted by Crippen LogP contribution is 2.37. The maximum atomic E-state index is 12.7. The molecule has 1 unspecified atom stereocenters. The first-order chi connectivity index (χ1) is 12.2. The van der Waals surface area contributed by atoms with Crippen LogP contribution in [0.1, 0.15) is 25.7 Å². The summed E-state index contributed by atoms with van der Waals surface area (Å²) in [4.78, 5) is 16.8. The zero-order valence-electron chi connectivity index (χ0n) is 14.5. The summed E-state index contributed by atoms with van der Waals surface area (Å²) in [5, 5.41) is 12.5. The molecule has 0 radical (unpaired) electrons. The minimum atomic E-state index is 0.0147. The molecular formula is C19H24N4O2. The maximum absolute atomic E-state index is 12.7. The van der Waals surface area contributed by atoms with Gasteiger partial charge in [-0.2, -0.15) is 5.26 Å². The van der Waals surface area contributed by atoms with Crippen LogP contribution >= 0.6 is 0 Å². The highest BCUT2D eigenvalue weighted by atomic mass is 16.5. The molecule has 0 aliphatic carbocycles. The van der Waals surface area contributed by atoms with Crippen molar-refractivity contribution in [3.05, 3.63) is 24.3 Å². The molecule has 6 heteroatoms. The monoisotopic (exact) mass is 340 g/mol. The average Bonchev–Trinajstić information content (AvgIpc) is 3.35. The number of amides is 1. The lowest BCUT2D eigenvalue weighted by Crippen LogP contribution is -2.46. The van der Waals surface area contributed by atoms with Crippen molar-refractivity contribution in [1.82, 2.24) is 10.2 Å². The number of carbonyl (C=O) groups excluding carboxylic acids is 1. The molecule has 3 aliphatic heterocycles. The number of hydrogen-bond acceptors (Lipinski definition) is 5. The molecule has 1 aromatic carbocycles. The molecule has 2 bridgehead atoms. The molecule has 3 heterocycles. The number of carbonyl (C=O) groups is 1. The van der Waals surface area contributed by atoms with Crippen LogP contribution in [0.3, 0.4) is 0 Å². The zero-order valence-corrected chi connectivity index (χ0v) is 14.5. The second-order valence-corrected chi connectivity index (χ2v) is 7.29. The normalized spacial score (nSPS) is 30.4. The van der Waals surface area contributed by atoms with Gasteiger partial charge in [0.1, 0.15) is 5.75 Å². The first-order valence-corrected chi connectivity index (χ1v) is 9.07. The molecule has 3 aliphatic rings. The van der Waals surface area contributed by atoms with Crippen molar-refractivity contribution in [2.45, 2.75) is 43.8 Å². The van der Waals surface area contributed by atoms with E-state index in [1.54, 1.807) is 7.11 Å². The molecule has 0 spiro atoms. The third-order valence-corrected chi connectivity index (χ3v) is 5.96. The number of anilines is 1. The summed E-state index contributed by atoms with van der Waals surface area (Å²) in [6.45, 7) is 1.62. The van der Waals surface area contributed by atoms with E-state index in [2.05, 4.69) is 22.5 Å². The van der Waals surface area contributed by atoms with Gasteiger partial charge in [-0.25, -0.2) is 0 Å². The van der Waals surface area contributed by atoms with E-state index in [1.807, 2.05) is 23.1 Å². The van der Waals surface area contributed by atoms with Crippen LogP contribution in [0.5, 0.6) is 5.75 Å². The largest absolute Gasteiger partial charge is 0.497 e. The van der Waals surface area contributed by atoms with Crippen LogP contribution in [-0.2, 0) is 4.79 Å². The second kappa shape index (κ2) is 6.47. The lowest BCUT2D eigenvalue weighted by molar-refractivity contribution is -0.125. The van der Waals surface area contributed by atoms with E-state index in [-0.39, 0.29) is 23.9 Å². The Balaban J connectivity index is 1.36. The third kappa shape index (κ3) is 2.88. The molecule has 1 amide bonds. The molecule has 1 aromatic rings. The van der Waals surface area contributed by atoms with Crippen LogP contribution < -0.4 is 15.0 Å². The van der Waals surface area contributed by atoms with Crippen molar-refractivity contribution < 1.29 is 9.53 Å². The van der Waals surface area contributed by atoms with Crippen LogP contribution in [0.4, 0.5) is 5.69 Å². The predicted octanol–water partition coefficient (Wildman–Crippen LogP) is 1.72. The van der Waals surface area contributed by atoms with Crippen molar-refractivity contribution in [1.29, 1.82) is 5.26 Å². The van der Waals surface area contributed by atoms with Gasteiger partial charge in [0.05, 0.1) is 25.1 Å². The first-order valence-electron chi connectivity index (χ1n) is 9.07. The SMILES string of the molecule is COc1cccc(N2CCC(C(=O)N[C@@H]3C[C@@H]4CC[C@H]3N4C#N)C2)c1. The number of hydrogen-bond donors (Lipinski definition) is 1. The Bertz CT molecular complexity index is 701. The van der Waals surface area contributed by atoms with E-state index in [0.717, 1.165) is 50.2 Å². The van der Waals surface area contributed by atoms with E-state index < -0.39 is 0 Å². The number of rotatable bonds is 4. The fourth-order valence-electron chi connectivity index (χ4n) is 4.62. The summed E-state index contributed by atoms with van der Waals surface area (Å²) in [5.41, 5.74) is 1.10. The summed E-state index contributed by atoms with van der Waals surface area (Å²) in [6, 6.07) is 8.65. The predicted molar refractivity (Wildman–Crippen MR) is 94.1 cm³/mol. The topological polar surface area (TPSA) is 68.6 Å². The molecule has 132 valence electrons. The Kier molecular flexibility index (Phi) is 4.16. The average molecular weight is 340 g/mol. The van der Waals surface area contributed by atoms with Crippen molar-refractivity contribution >= 4 is 11.6 Å². The van der Waals surface area contributed by atoms with Gasteiger partial charge in [0.2, 0.25) is 5.91 Å². The second-order valence-electron chi connectivity index (χ2n) is 7.29. The lowest BCUT2D eigenvalue weighted by atomic mass is 9.95. The summed E-state index contributed by atoms with van der Waals surface area (Å²) < 4.78 is 5.29. The number of nitriles is 1. The molecule has 4 rings (SSSR count). The van der Waals surface area contributed by atoms with Crippen molar-refractivity contribution in [3.8, 4) is 11.9 Å². The van der Waals surface area contributed by atoms with Crippen molar-refractivity contribution in [2.75, 3.05) is 25.1 Å². The molecule has 1 N–H and O–H groups in total. The molecule has 0 saturated carbocycles. The quantitative estimate of drug-likeness (QED) is 0.846. The van der Waals surface area contributed by atoms with E-state index in [1.165, 1.54) is 0 Å². The number of fused-ring (bicyclic) bond motifs is 2. The molecule has 4 atom stereocenters. The highest BCUT2D eigenvalue weighted by Gasteiger charge is 2.47. The summed E-state index contributed by atoms with van der Waals surface area (Å²) in [7, 11) is 1.67. The summed E-state index contributed by atoms with van der Waals surface area (Å²) >= 11 is 0. The molecule has 3 fully saturated rings. The standard InChI is InChI=1S/C19H24N4O2/c1-25-16-4-2-3-14(9-16)22-8-7-13(11-22)19(24)21-17-10-15-5-6-18(17)23(15)12-20/h2-4,9,13,15,17-18H,5-8,10-11H2,1H3,(H,21,24)/t13?,15-,17+,18+/m0/s1. The smallest absolute Gasteiger partial charge is 0.225 e. The van der Waals surface area contributed by atoms with Crippen LogP contribution in [-0.4, -0.2) is 49.1 Å². The Morgan fingerprint density at radius 3 is 3.00 bits per heavy atom. The van der Waals surface area contributed by atoms with Crippen molar-refractivity contribution in [3.63, 3.8) is 0 Å². The number of ether oxygens (including phenoxy) is 1. The van der Waals surface area contributed by atoms with Gasteiger partial charge in [0.15, 0.2) is 6.19 Å². The van der Waals surface area contributed by atoms with Crippen LogP contribution in [0.25, 0.3) is 0 Å². The van der Waals surface area contributed by atoms with Gasteiger partial charge >= 0.3 is 0 Å². The fourth-order valence-corrected chi connectivity index (χ4v) is 4.62. The fraction of sp³-hybridized carbons (Fsp3) is 0.579. The highest BCUT2D eigenvalue weighted by molar-refractivity contribution is 5.80. The van der Waals surface area contributed by atoms with E-state index in [0.29, 0.717) is 6.04 Å². The van der Waals surface area contributed by atoms with Gasteiger partial charge in [-0.05, 0) is 37.8 Å². The maximum Gasteiger partial charge on any atom is 0.225 e. The Labute approximate surface area is 148 Å². The first kappa shape index (κ1) is 16.1. The van der Waals surface area contributed by atoms with E-state index in [4.69, 9.17) is 4.74 Å².